The maximum atomic E-state index is 12.7. The van der Waals surface area contributed by atoms with E-state index in [0.717, 1.165) is 0 Å². The van der Waals surface area contributed by atoms with Gasteiger partial charge in [-0.05, 0) is 0 Å². The Morgan fingerprint density at radius 3 is 2.91 bits per heavy atom. The first-order chi connectivity index (χ1) is 5.27. The number of aromatic amines is 2. The van der Waals surface area contributed by atoms with Crippen LogP contribution in [0.15, 0.2) is 23.3 Å². The Kier molecular flexibility index (Phi) is 1.09. The molecule has 2 rings (SSSR count). The second kappa shape index (κ2) is 1.95. The summed E-state index contributed by atoms with van der Waals surface area (Å²) in [5.74, 6) is -0.397. The van der Waals surface area contributed by atoms with Gasteiger partial charge in [-0.15, -0.1) is 0 Å². The zero-order valence-electron chi connectivity index (χ0n) is 5.52. The van der Waals surface area contributed by atoms with Crippen LogP contribution in [0.4, 0.5) is 4.39 Å². The number of H-pyrrole nitrogens is 2. The average Bonchev–Trinajstić information content (AvgIpc) is 2.33. The molecular formula is C7H5FN2O. The first-order valence-electron chi connectivity index (χ1n) is 3.13. The van der Waals surface area contributed by atoms with Crippen LogP contribution >= 0.6 is 0 Å². The predicted molar refractivity (Wildman–Crippen MR) is 38.9 cm³/mol. The molecule has 0 saturated carbocycles. The number of halogens is 1. The Morgan fingerprint density at radius 1 is 1.27 bits per heavy atom. The predicted octanol–water partition coefficient (Wildman–Crippen LogP) is 0.995. The van der Waals surface area contributed by atoms with Crippen LogP contribution in [-0.4, -0.2) is 9.97 Å². The lowest BCUT2D eigenvalue weighted by atomic mass is 10.3. The summed E-state index contributed by atoms with van der Waals surface area (Å²) < 4.78 is 12.7. The van der Waals surface area contributed by atoms with Crippen LogP contribution in [0.1, 0.15) is 0 Å². The van der Waals surface area contributed by atoms with Gasteiger partial charge < -0.3 is 9.97 Å². The van der Waals surface area contributed by atoms with Gasteiger partial charge in [0.05, 0.1) is 5.52 Å². The van der Waals surface area contributed by atoms with Gasteiger partial charge in [0.15, 0.2) is 0 Å². The van der Waals surface area contributed by atoms with Crippen LogP contribution in [0.2, 0.25) is 0 Å². The third-order valence-corrected chi connectivity index (χ3v) is 1.54. The average molecular weight is 152 g/mol. The number of fused-ring (bicyclic) bond motifs is 1. The van der Waals surface area contributed by atoms with Gasteiger partial charge in [0.1, 0.15) is 5.82 Å². The van der Waals surface area contributed by atoms with Gasteiger partial charge in [0, 0.05) is 23.8 Å². The largest absolute Gasteiger partial charge is 0.357 e. The Hall–Kier alpha value is -1.58. The molecule has 4 heteroatoms. The molecular weight excluding hydrogens is 147 g/mol. The molecule has 0 aliphatic carbocycles. The van der Waals surface area contributed by atoms with Crippen molar-refractivity contribution >= 4 is 10.9 Å². The van der Waals surface area contributed by atoms with E-state index in [4.69, 9.17) is 0 Å². The molecule has 2 aromatic rings. The fourth-order valence-corrected chi connectivity index (χ4v) is 1.01. The summed E-state index contributed by atoms with van der Waals surface area (Å²) in [5.41, 5.74) is 0.304. The van der Waals surface area contributed by atoms with E-state index in [1.54, 1.807) is 0 Å². The number of nitrogens with one attached hydrogen (secondary N) is 2. The molecule has 0 bridgehead atoms. The summed E-state index contributed by atoms with van der Waals surface area (Å²) in [6.07, 6.45) is 2.67. The molecule has 0 fully saturated rings. The van der Waals surface area contributed by atoms with Gasteiger partial charge in [0.25, 0.3) is 0 Å². The summed E-state index contributed by atoms with van der Waals surface area (Å²) in [4.78, 5) is 15.8. The smallest absolute Gasteiger partial charge is 0.248 e. The van der Waals surface area contributed by atoms with Crippen LogP contribution in [-0.2, 0) is 0 Å². The van der Waals surface area contributed by atoms with Crippen molar-refractivity contribution in [3.05, 3.63) is 34.6 Å². The number of hydrogen-bond acceptors (Lipinski definition) is 1. The Morgan fingerprint density at radius 2 is 2.09 bits per heavy atom. The molecule has 0 aliphatic heterocycles. The maximum absolute atomic E-state index is 12.7. The highest BCUT2D eigenvalue weighted by Gasteiger charge is 2.01. The van der Waals surface area contributed by atoms with Gasteiger partial charge in [-0.3, -0.25) is 4.79 Å². The van der Waals surface area contributed by atoms with E-state index < -0.39 is 5.82 Å². The first kappa shape index (κ1) is 6.15. The molecule has 56 valence electrons. The zero-order chi connectivity index (χ0) is 7.84. The van der Waals surface area contributed by atoms with Crippen molar-refractivity contribution in [3.8, 4) is 0 Å². The highest BCUT2D eigenvalue weighted by molar-refractivity contribution is 5.78. The Labute approximate surface area is 60.9 Å². The number of pyridine rings is 1. The molecule has 0 aliphatic rings. The Bertz CT molecular complexity index is 443. The van der Waals surface area contributed by atoms with Crippen molar-refractivity contribution in [2.24, 2.45) is 0 Å². The van der Waals surface area contributed by atoms with Gasteiger partial charge >= 0.3 is 0 Å². The Balaban J connectivity index is 2.98. The van der Waals surface area contributed by atoms with Gasteiger partial charge in [-0.25, -0.2) is 4.39 Å². The fraction of sp³-hybridized carbons (Fsp3) is 0. The van der Waals surface area contributed by atoms with E-state index in [9.17, 15) is 9.18 Å². The minimum atomic E-state index is -0.397. The van der Waals surface area contributed by atoms with E-state index >= 15 is 0 Å². The fourth-order valence-electron chi connectivity index (χ4n) is 1.01. The first-order valence-corrected chi connectivity index (χ1v) is 3.13. The lowest BCUT2D eigenvalue weighted by molar-refractivity contribution is 0.639. The second-order valence-corrected chi connectivity index (χ2v) is 2.26. The van der Waals surface area contributed by atoms with E-state index in [2.05, 4.69) is 9.97 Å². The summed E-state index contributed by atoms with van der Waals surface area (Å²) in [7, 11) is 0. The van der Waals surface area contributed by atoms with E-state index in [-0.39, 0.29) is 5.56 Å². The molecule has 2 aromatic heterocycles. The van der Waals surface area contributed by atoms with Crippen LogP contribution < -0.4 is 5.56 Å². The number of aromatic nitrogens is 2. The lowest BCUT2D eigenvalue weighted by Crippen LogP contribution is -2.01. The van der Waals surface area contributed by atoms with E-state index in [0.29, 0.717) is 10.9 Å². The molecule has 0 spiro atoms. The molecule has 0 atom stereocenters. The number of hydrogen-bond donors (Lipinski definition) is 2. The van der Waals surface area contributed by atoms with E-state index in [1.165, 1.54) is 18.5 Å². The molecule has 0 radical (unpaired) electrons. The van der Waals surface area contributed by atoms with Crippen molar-refractivity contribution in [2.45, 2.75) is 0 Å². The summed E-state index contributed by atoms with van der Waals surface area (Å²) in [5, 5.41) is 0.328. The van der Waals surface area contributed by atoms with Crippen LogP contribution in [0.25, 0.3) is 10.9 Å². The van der Waals surface area contributed by atoms with Crippen molar-refractivity contribution in [2.75, 3.05) is 0 Å². The normalized spacial score (nSPS) is 10.6. The maximum Gasteiger partial charge on any atom is 0.248 e. The summed E-state index contributed by atoms with van der Waals surface area (Å²) >= 11 is 0. The summed E-state index contributed by atoms with van der Waals surface area (Å²) in [6, 6.07) is 1.22. The molecule has 2 heterocycles. The summed E-state index contributed by atoms with van der Waals surface area (Å²) in [6.45, 7) is 0. The molecule has 0 amide bonds. The quantitative estimate of drug-likeness (QED) is 0.581. The second-order valence-electron chi connectivity index (χ2n) is 2.26. The highest BCUT2D eigenvalue weighted by Crippen LogP contribution is 2.11. The monoisotopic (exact) mass is 152 g/mol. The van der Waals surface area contributed by atoms with Crippen molar-refractivity contribution in [1.29, 1.82) is 0 Å². The third kappa shape index (κ3) is 0.832. The third-order valence-electron chi connectivity index (χ3n) is 1.54. The van der Waals surface area contributed by atoms with Crippen LogP contribution in [0.3, 0.4) is 0 Å². The molecule has 0 saturated heterocycles. The van der Waals surface area contributed by atoms with Gasteiger partial charge in [-0.2, -0.15) is 0 Å². The molecule has 2 N–H and O–H groups in total. The van der Waals surface area contributed by atoms with Gasteiger partial charge in [-0.1, -0.05) is 0 Å². The SMILES string of the molecule is O=c1cc2c(F)c[nH]c2c[nH]1. The zero-order valence-corrected chi connectivity index (χ0v) is 5.52. The molecule has 11 heavy (non-hydrogen) atoms. The highest BCUT2D eigenvalue weighted by atomic mass is 19.1. The van der Waals surface area contributed by atoms with Gasteiger partial charge in [0.2, 0.25) is 5.56 Å². The van der Waals surface area contributed by atoms with Crippen molar-refractivity contribution in [3.63, 3.8) is 0 Å². The molecule has 3 nitrogen and oxygen atoms in total. The van der Waals surface area contributed by atoms with Crippen molar-refractivity contribution in [1.82, 2.24) is 9.97 Å². The lowest BCUT2D eigenvalue weighted by Gasteiger charge is -1.85. The standard InChI is InChI=1S/C7H5FN2O/c8-5-2-9-6-3-10-7(11)1-4(5)6/h1-3,9H,(H,10,11). The molecule has 0 unspecified atom stereocenters. The van der Waals surface area contributed by atoms with Crippen LogP contribution in [0.5, 0.6) is 0 Å². The molecule has 0 aromatic carbocycles. The van der Waals surface area contributed by atoms with Crippen LogP contribution in [0, 0.1) is 5.82 Å². The van der Waals surface area contributed by atoms with Crippen molar-refractivity contribution < 1.29 is 4.39 Å². The number of rotatable bonds is 0. The minimum absolute atomic E-state index is 0.295. The van der Waals surface area contributed by atoms with E-state index in [1.807, 2.05) is 0 Å². The topological polar surface area (TPSA) is 48.6 Å². The minimum Gasteiger partial charge on any atom is -0.357 e.